The van der Waals surface area contributed by atoms with Gasteiger partial charge in [-0.25, -0.2) is 0 Å². The van der Waals surface area contributed by atoms with Crippen molar-refractivity contribution in [3.8, 4) is 0 Å². The van der Waals surface area contributed by atoms with Crippen LogP contribution < -0.4 is 0 Å². The molecular formula is C4BrClF4O2. The molecule has 0 rings (SSSR count). The van der Waals surface area contributed by atoms with Gasteiger partial charge in [0.05, 0.1) is 0 Å². The van der Waals surface area contributed by atoms with Gasteiger partial charge in [-0.15, -0.1) is 0 Å². The number of hydrogen-bond donors (Lipinski definition) is 0. The van der Waals surface area contributed by atoms with Crippen LogP contribution in [0.25, 0.3) is 0 Å². The Morgan fingerprint density at radius 2 is 1.42 bits per heavy atom. The summed E-state index contributed by atoms with van der Waals surface area (Å²) in [6.45, 7) is 0. The van der Waals surface area contributed by atoms with Gasteiger partial charge in [-0.3, -0.25) is 9.59 Å². The fraction of sp³-hybridized carbons (Fsp3) is 0.500. The predicted octanol–water partition coefficient (Wildman–Crippen LogP) is 1.94. The van der Waals surface area contributed by atoms with Crippen molar-refractivity contribution in [3.63, 3.8) is 0 Å². The van der Waals surface area contributed by atoms with Crippen LogP contribution in [-0.4, -0.2) is 21.8 Å². The van der Waals surface area contributed by atoms with Crippen molar-refractivity contribution in [2.45, 2.75) is 11.8 Å². The van der Waals surface area contributed by atoms with E-state index in [1.54, 1.807) is 15.9 Å². The lowest BCUT2D eigenvalue weighted by Crippen LogP contribution is -2.48. The third-order valence-electron chi connectivity index (χ3n) is 0.888. The number of carbonyl (C=O) groups excluding carboxylic acids is 2. The van der Waals surface area contributed by atoms with Crippen LogP contribution in [0.2, 0.25) is 0 Å². The number of hydrogen-bond acceptors (Lipinski definition) is 2. The second-order valence-electron chi connectivity index (χ2n) is 1.70. The maximum atomic E-state index is 12.1. The van der Waals surface area contributed by atoms with E-state index in [4.69, 9.17) is 0 Å². The first-order valence-electron chi connectivity index (χ1n) is 2.29. The highest BCUT2D eigenvalue weighted by Crippen LogP contribution is 2.38. The molecule has 0 aliphatic carbocycles. The summed E-state index contributed by atoms with van der Waals surface area (Å²) in [4.78, 5) is 19.7. The van der Waals surface area contributed by atoms with Crippen LogP contribution in [0, 0.1) is 0 Å². The Labute approximate surface area is 77.0 Å². The van der Waals surface area contributed by atoms with Crippen LogP contribution in [0.3, 0.4) is 0 Å². The van der Waals surface area contributed by atoms with E-state index < -0.39 is 21.8 Å². The Hall–Kier alpha value is -0.170. The van der Waals surface area contributed by atoms with Gasteiger partial charge in [-0.1, -0.05) is 0 Å². The molecule has 0 aromatic carbocycles. The Morgan fingerprint density at radius 1 is 1.08 bits per heavy atom. The molecule has 0 atom stereocenters. The largest absolute Gasteiger partial charge is 0.390 e. The monoisotopic (exact) mass is 270 g/mol. The normalized spacial score (nSPS) is 12.8. The lowest BCUT2D eigenvalue weighted by molar-refractivity contribution is -0.197. The summed E-state index contributed by atoms with van der Waals surface area (Å²) >= 11 is 5.78. The van der Waals surface area contributed by atoms with Crippen LogP contribution in [0.1, 0.15) is 0 Å². The smallest absolute Gasteiger partial charge is 0.279 e. The Bertz CT molecular complexity index is 205. The summed E-state index contributed by atoms with van der Waals surface area (Å²) in [6, 6.07) is 0. The highest BCUT2D eigenvalue weighted by atomic mass is 79.9. The summed E-state index contributed by atoms with van der Waals surface area (Å²) in [5.41, 5.74) is 0. The summed E-state index contributed by atoms with van der Waals surface area (Å²) in [5.74, 6) is -10.3. The highest BCUT2D eigenvalue weighted by Gasteiger charge is 2.65. The standard InChI is InChI=1S/C4BrClF4O2/c5-1(11)3(7,8)4(9,10)2(6)12. The third-order valence-corrected chi connectivity index (χ3v) is 1.62. The van der Waals surface area contributed by atoms with Gasteiger partial charge in [0.1, 0.15) is 0 Å². The van der Waals surface area contributed by atoms with Gasteiger partial charge >= 0.3 is 11.8 Å². The zero-order valence-electron chi connectivity index (χ0n) is 5.08. The molecule has 0 heterocycles. The van der Waals surface area contributed by atoms with Crippen LogP contribution in [0.15, 0.2) is 0 Å². The molecule has 2 nitrogen and oxygen atoms in total. The maximum absolute atomic E-state index is 12.1. The fourth-order valence-electron chi connectivity index (χ4n) is 0.247. The molecule has 0 spiro atoms. The second-order valence-corrected chi connectivity index (χ2v) is 2.76. The fourth-order valence-corrected chi connectivity index (χ4v) is 0.615. The van der Waals surface area contributed by atoms with Crippen molar-refractivity contribution in [3.05, 3.63) is 0 Å². The first-order valence-corrected chi connectivity index (χ1v) is 3.46. The van der Waals surface area contributed by atoms with Crippen molar-refractivity contribution in [1.82, 2.24) is 0 Å². The third kappa shape index (κ3) is 1.77. The predicted molar refractivity (Wildman–Crippen MR) is 34.7 cm³/mol. The molecule has 0 aromatic rings. The SMILES string of the molecule is O=C(Cl)C(F)(F)C(F)(F)C(=O)Br. The maximum Gasteiger partial charge on any atom is 0.390 e. The summed E-state index contributed by atoms with van der Waals surface area (Å²) in [6.07, 6.45) is 0. The average molecular weight is 271 g/mol. The van der Waals surface area contributed by atoms with Gasteiger partial charge in [0, 0.05) is 0 Å². The quantitative estimate of drug-likeness (QED) is 0.581. The number of alkyl halides is 4. The molecule has 0 aromatic heterocycles. The van der Waals surface area contributed by atoms with E-state index in [1.807, 2.05) is 0 Å². The molecule has 0 fully saturated rings. The van der Waals surface area contributed by atoms with Crippen molar-refractivity contribution in [1.29, 1.82) is 0 Å². The van der Waals surface area contributed by atoms with Gasteiger partial charge in [-0.05, 0) is 27.5 Å². The minimum absolute atomic E-state index is 1.62. The Balaban J connectivity index is 5.01. The van der Waals surface area contributed by atoms with Gasteiger partial charge in [-0.2, -0.15) is 17.6 Å². The molecular weight excluding hydrogens is 271 g/mol. The molecule has 0 radical (unpaired) electrons. The Morgan fingerprint density at radius 3 is 1.50 bits per heavy atom. The lowest BCUT2D eigenvalue weighted by atomic mass is 10.2. The average Bonchev–Trinajstić information content (AvgIpc) is 1.86. The summed E-state index contributed by atoms with van der Waals surface area (Å²) < 4.78 is 46.1. The summed E-state index contributed by atoms with van der Waals surface area (Å²) in [7, 11) is 0. The number of rotatable bonds is 3. The van der Waals surface area contributed by atoms with Crippen LogP contribution in [0.5, 0.6) is 0 Å². The van der Waals surface area contributed by atoms with Crippen molar-refractivity contribution in [2.24, 2.45) is 0 Å². The van der Waals surface area contributed by atoms with Gasteiger partial charge in [0.2, 0.25) is 0 Å². The molecule has 0 amide bonds. The van der Waals surface area contributed by atoms with E-state index in [9.17, 15) is 27.2 Å². The first kappa shape index (κ1) is 11.8. The molecule has 0 saturated heterocycles. The van der Waals surface area contributed by atoms with Crippen LogP contribution >= 0.6 is 27.5 Å². The lowest BCUT2D eigenvalue weighted by Gasteiger charge is -2.18. The molecule has 0 N–H and O–H groups in total. The molecule has 12 heavy (non-hydrogen) atoms. The van der Waals surface area contributed by atoms with E-state index in [0.29, 0.717) is 0 Å². The Kier molecular flexibility index (Phi) is 3.25. The molecule has 0 aliphatic rings. The van der Waals surface area contributed by atoms with Gasteiger partial charge < -0.3 is 0 Å². The van der Waals surface area contributed by atoms with Gasteiger partial charge in [0.25, 0.3) is 9.93 Å². The van der Waals surface area contributed by atoms with Crippen molar-refractivity contribution >= 4 is 37.5 Å². The minimum Gasteiger partial charge on any atom is -0.279 e. The first-order chi connectivity index (χ1) is 5.14. The van der Waals surface area contributed by atoms with Crippen molar-refractivity contribution < 1.29 is 27.2 Å². The molecule has 8 heteroatoms. The second kappa shape index (κ2) is 3.29. The van der Waals surface area contributed by atoms with E-state index in [1.165, 1.54) is 0 Å². The van der Waals surface area contributed by atoms with Gasteiger partial charge in [0.15, 0.2) is 0 Å². The molecule has 0 bridgehead atoms. The molecule has 0 unspecified atom stereocenters. The zero-order valence-corrected chi connectivity index (χ0v) is 7.43. The van der Waals surface area contributed by atoms with E-state index in [-0.39, 0.29) is 0 Å². The van der Waals surface area contributed by atoms with Crippen LogP contribution in [0.4, 0.5) is 17.6 Å². The number of carbonyl (C=O) groups is 2. The summed E-state index contributed by atoms with van der Waals surface area (Å²) in [5, 5.41) is -2.58. The van der Waals surface area contributed by atoms with E-state index in [2.05, 4.69) is 11.6 Å². The minimum atomic E-state index is -5.19. The molecule has 70 valence electrons. The van der Waals surface area contributed by atoms with Crippen LogP contribution in [-0.2, 0) is 9.59 Å². The topological polar surface area (TPSA) is 34.1 Å². The van der Waals surface area contributed by atoms with E-state index in [0.717, 1.165) is 0 Å². The number of halogens is 6. The zero-order chi connectivity index (χ0) is 10.2. The van der Waals surface area contributed by atoms with E-state index >= 15 is 0 Å². The van der Waals surface area contributed by atoms with Crippen molar-refractivity contribution in [2.75, 3.05) is 0 Å². The molecule has 0 aliphatic heterocycles. The highest BCUT2D eigenvalue weighted by molar-refractivity contribution is 9.18. The molecule has 0 saturated carbocycles.